The van der Waals surface area contributed by atoms with Gasteiger partial charge in [0.1, 0.15) is 0 Å². The summed E-state index contributed by atoms with van der Waals surface area (Å²) in [4.78, 5) is 4.26. The van der Waals surface area contributed by atoms with E-state index in [1.807, 2.05) is 18.6 Å². The smallest absolute Gasteiger partial charge is 0.0951 e. The second-order valence-corrected chi connectivity index (χ2v) is 4.25. The van der Waals surface area contributed by atoms with E-state index >= 15 is 0 Å². The topological polar surface area (TPSA) is 29.9 Å². The molecule has 2 atom stereocenters. The molecular formula is C12H19N3. The number of rotatable bonds is 4. The molecule has 3 heteroatoms. The van der Waals surface area contributed by atoms with Crippen molar-refractivity contribution in [1.29, 1.82) is 0 Å². The van der Waals surface area contributed by atoms with Gasteiger partial charge in [0, 0.05) is 18.3 Å². The van der Waals surface area contributed by atoms with Crippen LogP contribution in [0.15, 0.2) is 25.2 Å². The Morgan fingerprint density at radius 3 is 3.33 bits per heavy atom. The number of imidazole rings is 1. The highest BCUT2D eigenvalue weighted by Crippen LogP contribution is 2.25. The molecule has 1 aliphatic rings. The quantitative estimate of drug-likeness (QED) is 0.765. The Kier molecular flexibility index (Phi) is 3.21. The van der Waals surface area contributed by atoms with Gasteiger partial charge in [-0.05, 0) is 32.7 Å². The summed E-state index contributed by atoms with van der Waals surface area (Å²) in [5.74, 6) is 0. The summed E-state index contributed by atoms with van der Waals surface area (Å²) in [6.45, 7) is 7.13. The third kappa shape index (κ3) is 2.12. The van der Waals surface area contributed by atoms with Crippen molar-refractivity contribution < 1.29 is 0 Å². The molecule has 1 aromatic heterocycles. The largest absolute Gasteiger partial charge is 0.330 e. The number of hydrogen-bond acceptors (Lipinski definition) is 2. The Morgan fingerprint density at radius 2 is 2.67 bits per heavy atom. The fourth-order valence-corrected chi connectivity index (χ4v) is 2.24. The average molecular weight is 205 g/mol. The zero-order valence-electron chi connectivity index (χ0n) is 9.32. The molecule has 2 unspecified atom stereocenters. The van der Waals surface area contributed by atoms with Crippen LogP contribution >= 0.6 is 0 Å². The van der Waals surface area contributed by atoms with E-state index in [0.29, 0.717) is 12.1 Å². The van der Waals surface area contributed by atoms with Crippen LogP contribution < -0.4 is 5.32 Å². The lowest BCUT2D eigenvalue weighted by Crippen LogP contribution is -2.18. The lowest BCUT2D eigenvalue weighted by atomic mass is 10.1. The fraction of sp³-hybridized carbons (Fsp3) is 0.583. The predicted molar refractivity (Wildman–Crippen MR) is 61.7 cm³/mol. The van der Waals surface area contributed by atoms with Crippen molar-refractivity contribution in [3.8, 4) is 0 Å². The monoisotopic (exact) mass is 205 g/mol. The van der Waals surface area contributed by atoms with Gasteiger partial charge in [-0.3, -0.25) is 0 Å². The van der Waals surface area contributed by atoms with Gasteiger partial charge in [-0.1, -0.05) is 6.08 Å². The van der Waals surface area contributed by atoms with E-state index in [1.54, 1.807) is 0 Å². The first-order chi connectivity index (χ1) is 7.33. The molecule has 15 heavy (non-hydrogen) atoms. The Hall–Kier alpha value is -1.09. The standard InChI is InChI=1S/C12H19N3/c1-3-5-10(2)15-9-13-8-12(15)11-6-4-7-14-11/h3,8-11,14H,1,4-7H2,2H3. The first-order valence-electron chi connectivity index (χ1n) is 5.69. The molecule has 0 bridgehead atoms. The average Bonchev–Trinajstić information content (AvgIpc) is 2.88. The first-order valence-corrected chi connectivity index (χ1v) is 5.69. The first kappa shape index (κ1) is 10.4. The molecule has 0 spiro atoms. The highest BCUT2D eigenvalue weighted by molar-refractivity contribution is 5.08. The van der Waals surface area contributed by atoms with Crippen molar-refractivity contribution >= 4 is 0 Å². The van der Waals surface area contributed by atoms with Gasteiger partial charge in [-0.25, -0.2) is 4.98 Å². The highest BCUT2D eigenvalue weighted by atomic mass is 15.1. The summed E-state index contributed by atoms with van der Waals surface area (Å²) < 4.78 is 2.27. The fourth-order valence-electron chi connectivity index (χ4n) is 2.24. The minimum Gasteiger partial charge on any atom is -0.330 e. The maximum atomic E-state index is 4.26. The van der Waals surface area contributed by atoms with Crippen molar-refractivity contribution in [2.45, 2.75) is 38.3 Å². The highest BCUT2D eigenvalue weighted by Gasteiger charge is 2.20. The van der Waals surface area contributed by atoms with Crippen LogP contribution in [0.3, 0.4) is 0 Å². The van der Waals surface area contributed by atoms with Crippen LogP contribution in [0.2, 0.25) is 0 Å². The third-order valence-corrected chi connectivity index (χ3v) is 3.10. The number of allylic oxidation sites excluding steroid dienone is 1. The van der Waals surface area contributed by atoms with Crippen LogP contribution in [-0.2, 0) is 0 Å². The van der Waals surface area contributed by atoms with Crippen LogP contribution in [0.4, 0.5) is 0 Å². The zero-order valence-corrected chi connectivity index (χ0v) is 9.32. The molecule has 0 amide bonds. The van der Waals surface area contributed by atoms with E-state index in [0.717, 1.165) is 13.0 Å². The molecule has 1 fully saturated rings. The summed E-state index contributed by atoms with van der Waals surface area (Å²) in [6.07, 6.45) is 9.39. The van der Waals surface area contributed by atoms with E-state index in [9.17, 15) is 0 Å². The van der Waals surface area contributed by atoms with Crippen LogP contribution in [0.5, 0.6) is 0 Å². The molecular weight excluding hydrogens is 186 g/mol. The summed E-state index contributed by atoms with van der Waals surface area (Å²) in [7, 11) is 0. The maximum absolute atomic E-state index is 4.26. The van der Waals surface area contributed by atoms with Crippen LogP contribution in [-0.4, -0.2) is 16.1 Å². The molecule has 82 valence electrons. The Bertz CT molecular complexity index is 323. The molecule has 1 saturated heterocycles. The molecule has 2 rings (SSSR count). The summed E-state index contributed by atoms with van der Waals surface area (Å²) in [5, 5.41) is 3.51. The lowest BCUT2D eigenvalue weighted by Gasteiger charge is -2.18. The van der Waals surface area contributed by atoms with Gasteiger partial charge in [0.2, 0.25) is 0 Å². The molecule has 3 nitrogen and oxygen atoms in total. The lowest BCUT2D eigenvalue weighted by molar-refractivity contribution is 0.495. The molecule has 2 heterocycles. The van der Waals surface area contributed by atoms with Crippen LogP contribution in [0, 0.1) is 0 Å². The summed E-state index contributed by atoms with van der Waals surface area (Å²) in [5.41, 5.74) is 1.32. The van der Waals surface area contributed by atoms with Gasteiger partial charge in [0.05, 0.1) is 12.0 Å². The molecule has 1 aromatic rings. The van der Waals surface area contributed by atoms with Gasteiger partial charge in [-0.15, -0.1) is 6.58 Å². The summed E-state index contributed by atoms with van der Waals surface area (Å²) >= 11 is 0. The summed E-state index contributed by atoms with van der Waals surface area (Å²) in [6, 6.07) is 0.960. The van der Waals surface area contributed by atoms with Crippen molar-refractivity contribution in [1.82, 2.24) is 14.9 Å². The molecule has 1 aliphatic heterocycles. The number of hydrogen-bond donors (Lipinski definition) is 1. The minimum absolute atomic E-state index is 0.461. The van der Waals surface area contributed by atoms with Crippen LogP contribution in [0.1, 0.15) is 44.0 Å². The van der Waals surface area contributed by atoms with Gasteiger partial charge in [0.25, 0.3) is 0 Å². The molecule has 0 saturated carbocycles. The Balaban J connectivity index is 2.16. The van der Waals surface area contributed by atoms with Gasteiger partial charge < -0.3 is 9.88 Å². The molecule has 0 aliphatic carbocycles. The van der Waals surface area contributed by atoms with Crippen molar-refractivity contribution in [2.24, 2.45) is 0 Å². The van der Waals surface area contributed by atoms with E-state index in [2.05, 4.69) is 28.4 Å². The van der Waals surface area contributed by atoms with E-state index in [-0.39, 0.29) is 0 Å². The molecule has 0 aromatic carbocycles. The van der Waals surface area contributed by atoms with Crippen LogP contribution in [0.25, 0.3) is 0 Å². The zero-order chi connectivity index (χ0) is 10.7. The second kappa shape index (κ2) is 4.62. The van der Waals surface area contributed by atoms with Crippen molar-refractivity contribution in [3.63, 3.8) is 0 Å². The Morgan fingerprint density at radius 1 is 1.80 bits per heavy atom. The maximum Gasteiger partial charge on any atom is 0.0951 e. The van der Waals surface area contributed by atoms with E-state index in [4.69, 9.17) is 0 Å². The normalized spacial score (nSPS) is 22.9. The number of aromatic nitrogens is 2. The van der Waals surface area contributed by atoms with Gasteiger partial charge in [-0.2, -0.15) is 0 Å². The number of nitrogens with one attached hydrogen (secondary N) is 1. The second-order valence-electron chi connectivity index (χ2n) is 4.25. The van der Waals surface area contributed by atoms with E-state index < -0.39 is 0 Å². The minimum atomic E-state index is 0.461. The van der Waals surface area contributed by atoms with Gasteiger partial charge >= 0.3 is 0 Å². The SMILES string of the molecule is C=CCC(C)n1cncc1C1CCCN1. The van der Waals surface area contributed by atoms with E-state index in [1.165, 1.54) is 18.5 Å². The van der Waals surface area contributed by atoms with Crippen molar-refractivity contribution in [3.05, 3.63) is 30.9 Å². The Labute approximate surface area is 91.2 Å². The molecule has 0 radical (unpaired) electrons. The third-order valence-electron chi connectivity index (χ3n) is 3.10. The molecule has 1 N–H and O–H groups in total. The van der Waals surface area contributed by atoms with Gasteiger partial charge in [0.15, 0.2) is 0 Å². The van der Waals surface area contributed by atoms with Crippen molar-refractivity contribution in [2.75, 3.05) is 6.54 Å². The predicted octanol–water partition coefficient (Wildman–Crippen LogP) is 2.44. The number of nitrogens with zero attached hydrogens (tertiary/aromatic N) is 2.